The Morgan fingerprint density at radius 3 is 2.47 bits per heavy atom. The smallest absolute Gasteiger partial charge is 0.264 e. The van der Waals surface area contributed by atoms with Crippen LogP contribution in [0.3, 0.4) is 0 Å². The minimum Gasteiger partial charge on any atom is -1.00 e. The fourth-order valence-corrected chi connectivity index (χ4v) is 1.53. The lowest BCUT2D eigenvalue weighted by atomic mass is 10.2. The van der Waals surface area contributed by atoms with Gasteiger partial charge in [-0.25, -0.2) is 4.57 Å². The van der Waals surface area contributed by atoms with Crippen molar-refractivity contribution in [2.45, 2.75) is 29.6 Å². The van der Waals surface area contributed by atoms with Gasteiger partial charge in [0.25, 0.3) is 6.33 Å². The standard InChI is InChI=1S/C8H13Cl3N3.HI/c1-13-6-12-14(7-13)5-3-2-4-8(9,10)11;/h6-7H,2-5H2,1H3;1H/q+1;/p-1. The summed E-state index contributed by atoms with van der Waals surface area (Å²) in [6.07, 6.45) is 6.13. The van der Waals surface area contributed by atoms with Gasteiger partial charge in [-0.1, -0.05) is 34.8 Å². The summed E-state index contributed by atoms with van der Waals surface area (Å²) < 4.78 is 2.65. The van der Waals surface area contributed by atoms with Gasteiger partial charge in [0.1, 0.15) is 6.54 Å². The van der Waals surface area contributed by atoms with E-state index >= 15 is 0 Å². The van der Waals surface area contributed by atoms with Crippen LogP contribution in [0.1, 0.15) is 19.3 Å². The number of aryl methyl sites for hydroxylation is 2. The lowest BCUT2D eigenvalue weighted by Gasteiger charge is -2.08. The third-order valence-corrected chi connectivity index (χ3v) is 2.36. The lowest BCUT2D eigenvalue weighted by Crippen LogP contribution is -3.00. The first kappa shape index (κ1) is 15.7. The molecule has 0 bridgehead atoms. The highest BCUT2D eigenvalue weighted by Crippen LogP contribution is 2.31. The Morgan fingerprint density at radius 2 is 2.00 bits per heavy atom. The molecule has 0 aliphatic heterocycles. The zero-order chi connectivity index (χ0) is 10.6. The van der Waals surface area contributed by atoms with E-state index in [0.29, 0.717) is 6.42 Å². The predicted molar refractivity (Wildman–Crippen MR) is 57.5 cm³/mol. The average molecular weight is 384 g/mol. The van der Waals surface area contributed by atoms with E-state index in [2.05, 4.69) is 5.10 Å². The molecule has 1 aromatic heterocycles. The summed E-state index contributed by atoms with van der Waals surface area (Å²) in [6, 6.07) is 0. The van der Waals surface area contributed by atoms with Gasteiger partial charge < -0.3 is 24.0 Å². The van der Waals surface area contributed by atoms with Gasteiger partial charge in [-0.15, -0.1) is 4.68 Å². The molecule has 15 heavy (non-hydrogen) atoms. The van der Waals surface area contributed by atoms with E-state index in [0.717, 1.165) is 19.4 Å². The Morgan fingerprint density at radius 1 is 1.33 bits per heavy atom. The Hall–Kier alpha value is 0.740. The number of hydrogen-bond donors (Lipinski definition) is 0. The fourth-order valence-electron chi connectivity index (χ4n) is 1.13. The van der Waals surface area contributed by atoms with Crippen LogP contribution in [0.2, 0.25) is 0 Å². The van der Waals surface area contributed by atoms with Gasteiger partial charge in [0.15, 0.2) is 3.79 Å². The molecule has 0 aliphatic carbocycles. The minimum absolute atomic E-state index is 0. The molecule has 1 heterocycles. The Bertz CT molecular complexity index is 285. The molecule has 3 nitrogen and oxygen atoms in total. The monoisotopic (exact) mass is 383 g/mol. The van der Waals surface area contributed by atoms with Crippen molar-refractivity contribution in [2.75, 3.05) is 0 Å². The third-order valence-electron chi connectivity index (χ3n) is 1.79. The second-order valence-corrected chi connectivity index (χ2v) is 5.76. The molecule has 0 fully saturated rings. The number of aromatic nitrogens is 3. The Kier molecular flexibility index (Phi) is 7.49. The molecule has 0 aromatic carbocycles. The SMILES string of the molecule is C[n+]1cnn(CCCCC(Cl)(Cl)Cl)c1.[I-]. The molecular weight excluding hydrogens is 371 g/mol. The van der Waals surface area contributed by atoms with E-state index in [1.165, 1.54) is 0 Å². The van der Waals surface area contributed by atoms with Crippen molar-refractivity contribution in [1.29, 1.82) is 0 Å². The summed E-state index contributed by atoms with van der Waals surface area (Å²) in [5.74, 6) is 0. The van der Waals surface area contributed by atoms with Crippen LogP contribution >= 0.6 is 34.8 Å². The zero-order valence-corrected chi connectivity index (χ0v) is 12.8. The summed E-state index contributed by atoms with van der Waals surface area (Å²) in [4.78, 5) is 0. The van der Waals surface area contributed by atoms with Crippen molar-refractivity contribution in [3.05, 3.63) is 12.7 Å². The molecular formula is C8H13Cl3IN3. The molecule has 7 heteroatoms. The third kappa shape index (κ3) is 7.60. The van der Waals surface area contributed by atoms with Crippen LogP contribution in [0.25, 0.3) is 0 Å². The van der Waals surface area contributed by atoms with Gasteiger partial charge in [-0.3, -0.25) is 0 Å². The van der Waals surface area contributed by atoms with Gasteiger partial charge in [-0.05, 0) is 19.3 Å². The van der Waals surface area contributed by atoms with E-state index in [1.54, 1.807) is 6.33 Å². The van der Waals surface area contributed by atoms with Crippen LogP contribution < -0.4 is 28.5 Å². The van der Waals surface area contributed by atoms with Gasteiger partial charge in [0.2, 0.25) is 6.33 Å². The van der Waals surface area contributed by atoms with Crippen LogP contribution in [0.15, 0.2) is 12.7 Å². The molecule has 1 rings (SSSR count). The quantitative estimate of drug-likeness (QED) is 0.290. The number of nitrogens with zero attached hydrogens (tertiary/aromatic N) is 3. The maximum atomic E-state index is 5.62. The van der Waals surface area contributed by atoms with E-state index < -0.39 is 3.79 Å². The van der Waals surface area contributed by atoms with Crippen LogP contribution in [-0.2, 0) is 13.6 Å². The molecule has 0 radical (unpaired) electrons. The summed E-state index contributed by atoms with van der Waals surface area (Å²) in [5, 5.41) is 4.13. The molecule has 0 spiro atoms. The lowest BCUT2D eigenvalue weighted by molar-refractivity contribution is -0.672. The van der Waals surface area contributed by atoms with E-state index in [-0.39, 0.29) is 24.0 Å². The maximum absolute atomic E-state index is 5.62. The largest absolute Gasteiger partial charge is 1.00 e. The first-order valence-electron chi connectivity index (χ1n) is 4.42. The Labute approximate surface area is 122 Å². The maximum Gasteiger partial charge on any atom is 0.264 e. The van der Waals surface area contributed by atoms with Crippen molar-refractivity contribution in [3.8, 4) is 0 Å². The van der Waals surface area contributed by atoms with Gasteiger partial charge >= 0.3 is 0 Å². The van der Waals surface area contributed by atoms with Crippen molar-refractivity contribution in [2.24, 2.45) is 7.05 Å². The van der Waals surface area contributed by atoms with E-state index in [1.807, 2.05) is 22.6 Å². The average Bonchev–Trinajstić information content (AvgIpc) is 2.44. The highest BCUT2D eigenvalue weighted by molar-refractivity contribution is 6.67. The van der Waals surface area contributed by atoms with Crippen LogP contribution in [0.4, 0.5) is 0 Å². The molecule has 0 aliphatic rings. The fraction of sp³-hybridized carbons (Fsp3) is 0.750. The highest BCUT2D eigenvalue weighted by Gasteiger charge is 2.18. The first-order chi connectivity index (χ1) is 6.47. The van der Waals surface area contributed by atoms with Crippen LogP contribution in [0, 0.1) is 0 Å². The second kappa shape index (κ2) is 7.14. The Balaban J connectivity index is 0.00000196. The van der Waals surface area contributed by atoms with E-state index in [9.17, 15) is 0 Å². The predicted octanol–water partition coefficient (Wildman–Crippen LogP) is -0.748. The van der Waals surface area contributed by atoms with E-state index in [4.69, 9.17) is 34.8 Å². The van der Waals surface area contributed by atoms with Crippen molar-refractivity contribution in [1.82, 2.24) is 9.78 Å². The van der Waals surface area contributed by atoms with Gasteiger partial charge in [0.05, 0.1) is 7.05 Å². The first-order valence-corrected chi connectivity index (χ1v) is 5.55. The van der Waals surface area contributed by atoms with Crippen LogP contribution in [-0.4, -0.2) is 13.6 Å². The summed E-state index contributed by atoms with van der Waals surface area (Å²) in [5.41, 5.74) is 0. The van der Waals surface area contributed by atoms with Crippen molar-refractivity contribution >= 4 is 34.8 Å². The molecule has 0 amide bonds. The summed E-state index contributed by atoms with van der Waals surface area (Å²) in [6.45, 7) is 0.863. The van der Waals surface area contributed by atoms with Crippen molar-refractivity contribution in [3.63, 3.8) is 0 Å². The summed E-state index contributed by atoms with van der Waals surface area (Å²) in [7, 11) is 1.94. The number of hydrogen-bond acceptors (Lipinski definition) is 1. The zero-order valence-electron chi connectivity index (χ0n) is 8.34. The van der Waals surface area contributed by atoms with Gasteiger partial charge in [-0.2, -0.15) is 0 Å². The number of rotatable bonds is 4. The number of halogens is 4. The molecule has 1 aromatic rings. The summed E-state index contributed by atoms with van der Waals surface area (Å²) >= 11 is 16.9. The second-order valence-electron chi connectivity index (χ2n) is 3.25. The molecule has 0 unspecified atom stereocenters. The number of unbranched alkanes of at least 4 members (excludes halogenated alkanes) is 1. The highest BCUT2D eigenvalue weighted by atomic mass is 127. The minimum atomic E-state index is -1.12. The molecule has 0 saturated heterocycles. The topological polar surface area (TPSA) is 21.7 Å². The van der Waals surface area contributed by atoms with Crippen molar-refractivity contribution < 1.29 is 28.5 Å². The molecule has 88 valence electrons. The number of alkyl halides is 3. The molecule has 0 saturated carbocycles. The molecule has 0 N–H and O–H groups in total. The van der Waals surface area contributed by atoms with Gasteiger partial charge in [0, 0.05) is 5.10 Å². The normalized spacial score (nSPS) is 11.2. The molecule has 0 atom stereocenters. The van der Waals surface area contributed by atoms with Crippen LogP contribution in [0.5, 0.6) is 0 Å².